The third-order valence-corrected chi connectivity index (χ3v) is 7.85. The Morgan fingerprint density at radius 2 is 1.92 bits per heavy atom. The Bertz CT molecular complexity index is 1300. The zero-order chi connectivity index (χ0) is 24.6. The lowest BCUT2D eigenvalue weighted by Gasteiger charge is -2.38. The Balaban J connectivity index is 1.39. The minimum absolute atomic E-state index is 0.135. The van der Waals surface area contributed by atoms with Gasteiger partial charge in [0, 0.05) is 43.7 Å². The molecule has 36 heavy (non-hydrogen) atoms. The van der Waals surface area contributed by atoms with Gasteiger partial charge in [0.1, 0.15) is 11.7 Å². The van der Waals surface area contributed by atoms with E-state index in [1.54, 1.807) is 4.90 Å². The molecule has 0 bridgehead atoms. The van der Waals surface area contributed by atoms with Crippen LogP contribution in [-0.2, 0) is 4.74 Å². The van der Waals surface area contributed by atoms with Crippen LogP contribution >= 0.6 is 0 Å². The monoisotopic (exact) mass is 493 g/mol. The van der Waals surface area contributed by atoms with Crippen LogP contribution in [0.25, 0.3) is 16.9 Å². The average molecular weight is 494 g/mol. The smallest absolute Gasteiger partial charge is 0.273 e. The number of aromatic nitrogens is 3. The molecule has 8 nitrogen and oxygen atoms in total. The van der Waals surface area contributed by atoms with E-state index in [9.17, 15) is 14.0 Å². The highest BCUT2D eigenvalue weighted by Crippen LogP contribution is 2.34. The number of morpholine rings is 1. The summed E-state index contributed by atoms with van der Waals surface area (Å²) in [4.78, 5) is 33.1. The van der Waals surface area contributed by atoms with Crippen LogP contribution in [0.5, 0.6) is 0 Å². The molecule has 4 heterocycles. The van der Waals surface area contributed by atoms with Crippen LogP contribution in [0.2, 0.25) is 0 Å². The van der Waals surface area contributed by atoms with Gasteiger partial charge in [-0.05, 0) is 24.3 Å². The van der Waals surface area contributed by atoms with E-state index in [0.29, 0.717) is 49.1 Å². The number of fused-ring (bicyclic) bond motifs is 1. The number of hydrogen-bond donors (Lipinski definition) is 2. The van der Waals surface area contributed by atoms with E-state index in [2.05, 4.69) is 22.5 Å². The molecule has 0 unspecified atom stereocenters. The highest BCUT2D eigenvalue weighted by Gasteiger charge is 2.36. The molecular formula is C27H32FN5O3. The van der Waals surface area contributed by atoms with Gasteiger partial charge in [-0.25, -0.2) is 9.50 Å². The predicted molar refractivity (Wildman–Crippen MR) is 134 cm³/mol. The number of nitrogens with zero attached hydrogens (tertiary/aromatic N) is 3. The van der Waals surface area contributed by atoms with Crippen molar-refractivity contribution in [3.05, 3.63) is 57.5 Å². The number of rotatable bonds is 5. The van der Waals surface area contributed by atoms with Crippen molar-refractivity contribution in [3.63, 3.8) is 0 Å². The molecule has 2 N–H and O–H groups in total. The molecule has 1 aromatic carbocycles. The third-order valence-electron chi connectivity index (χ3n) is 7.85. The second kappa shape index (κ2) is 9.78. The van der Waals surface area contributed by atoms with E-state index in [1.807, 2.05) is 12.1 Å². The fourth-order valence-corrected chi connectivity index (χ4v) is 5.75. The number of benzene rings is 1. The summed E-state index contributed by atoms with van der Waals surface area (Å²) >= 11 is 0. The van der Waals surface area contributed by atoms with Crippen LogP contribution in [0.4, 0.5) is 4.39 Å². The molecule has 1 saturated carbocycles. The number of amides is 1. The fourth-order valence-electron chi connectivity index (χ4n) is 5.75. The van der Waals surface area contributed by atoms with Gasteiger partial charge in [-0.3, -0.25) is 19.1 Å². The molecule has 6 rings (SSSR count). The summed E-state index contributed by atoms with van der Waals surface area (Å²) < 4.78 is 20.3. The number of hydrogen-bond acceptors (Lipinski definition) is 5. The predicted octanol–water partition coefficient (Wildman–Crippen LogP) is 3.44. The molecule has 0 spiro atoms. The first kappa shape index (κ1) is 23.4. The minimum Gasteiger partial charge on any atom is -0.369 e. The van der Waals surface area contributed by atoms with Gasteiger partial charge in [-0.15, -0.1) is 0 Å². The summed E-state index contributed by atoms with van der Waals surface area (Å²) in [5.41, 5.74) is 3.56. The largest absolute Gasteiger partial charge is 0.369 e. The van der Waals surface area contributed by atoms with E-state index in [-0.39, 0.29) is 23.0 Å². The van der Waals surface area contributed by atoms with Crippen molar-refractivity contribution < 1.29 is 13.9 Å². The summed E-state index contributed by atoms with van der Waals surface area (Å²) in [6.07, 6.45) is 5.90. The number of nitrogens with one attached hydrogen (secondary N) is 2. The van der Waals surface area contributed by atoms with E-state index in [0.717, 1.165) is 12.1 Å². The number of carbonyl (C=O) groups excluding carboxylic acids is 1. The Labute approximate surface area is 208 Å². The van der Waals surface area contributed by atoms with Crippen molar-refractivity contribution >= 4 is 11.6 Å². The molecule has 3 fully saturated rings. The summed E-state index contributed by atoms with van der Waals surface area (Å²) in [6, 6.07) is 9.82. The van der Waals surface area contributed by atoms with Crippen LogP contribution in [0.15, 0.2) is 35.1 Å². The molecule has 1 aliphatic carbocycles. The SMILES string of the molecule is O=C(c1c([C@@H]2CNCCO2)[nH]n2c(=O)cc(-c3ccc(C4CCCCC4)cc3)nc12)N1CC(CF)C1. The Kier molecular flexibility index (Phi) is 6.35. The minimum atomic E-state index is -0.446. The fraction of sp³-hybridized carbons (Fsp3) is 0.519. The lowest BCUT2D eigenvalue weighted by molar-refractivity contribution is 0.0226. The van der Waals surface area contributed by atoms with Crippen molar-refractivity contribution in [2.45, 2.75) is 44.1 Å². The van der Waals surface area contributed by atoms with Gasteiger partial charge >= 0.3 is 0 Å². The third kappa shape index (κ3) is 4.24. The molecule has 2 aliphatic heterocycles. The standard InChI is InChI=1S/C27H32FN5O3/c28-13-17-15-32(16-17)27(35)24-25(22-14-29-10-11-36-22)31-33-23(34)12-21(30-26(24)33)20-8-6-19(7-9-20)18-4-2-1-3-5-18/h6-9,12,17-18,22,29,31H,1-5,10-11,13-16H2/t22-/m0/s1. The molecule has 1 atom stereocenters. The van der Waals surface area contributed by atoms with Gasteiger partial charge in [-0.1, -0.05) is 43.5 Å². The molecule has 9 heteroatoms. The average Bonchev–Trinajstić information content (AvgIpc) is 3.29. The van der Waals surface area contributed by atoms with Crippen LogP contribution in [0.3, 0.4) is 0 Å². The Morgan fingerprint density at radius 1 is 1.14 bits per heavy atom. The first-order valence-electron chi connectivity index (χ1n) is 13.1. The van der Waals surface area contributed by atoms with Crippen molar-refractivity contribution in [3.8, 4) is 11.3 Å². The first-order chi connectivity index (χ1) is 17.6. The maximum absolute atomic E-state index is 13.6. The normalized spacial score (nSPS) is 21.6. The van der Waals surface area contributed by atoms with Crippen LogP contribution in [0.1, 0.15) is 65.7 Å². The molecule has 2 aromatic heterocycles. The van der Waals surface area contributed by atoms with Crippen LogP contribution in [-0.4, -0.2) is 64.9 Å². The van der Waals surface area contributed by atoms with Gasteiger partial charge in [0.15, 0.2) is 5.65 Å². The summed E-state index contributed by atoms with van der Waals surface area (Å²) in [6.45, 7) is 2.03. The second-order valence-electron chi connectivity index (χ2n) is 10.3. The number of halogens is 1. The van der Waals surface area contributed by atoms with Gasteiger partial charge in [0.25, 0.3) is 11.5 Å². The highest BCUT2D eigenvalue weighted by molar-refractivity contribution is 6.01. The van der Waals surface area contributed by atoms with Gasteiger partial charge in [0.05, 0.1) is 24.7 Å². The molecule has 0 radical (unpaired) electrons. The van der Waals surface area contributed by atoms with Crippen molar-refractivity contribution in [2.75, 3.05) is 39.5 Å². The van der Waals surface area contributed by atoms with Gasteiger partial charge in [-0.2, -0.15) is 0 Å². The Hall–Kier alpha value is -3.04. The molecule has 1 amide bonds. The van der Waals surface area contributed by atoms with Gasteiger partial charge < -0.3 is 15.0 Å². The molecule has 190 valence electrons. The maximum Gasteiger partial charge on any atom is 0.273 e. The molecule has 3 aliphatic rings. The number of carbonyl (C=O) groups is 1. The molecule has 2 saturated heterocycles. The van der Waals surface area contributed by atoms with Gasteiger partial charge in [0.2, 0.25) is 0 Å². The van der Waals surface area contributed by atoms with E-state index < -0.39 is 12.8 Å². The number of ether oxygens (including phenoxy) is 1. The molecule has 3 aromatic rings. The highest BCUT2D eigenvalue weighted by atomic mass is 19.1. The van der Waals surface area contributed by atoms with Crippen molar-refractivity contribution in [1.82, 2.24) is 24.8 Å². The number of likely N-dealkylation sites (tertiary alicyclic amines) is 1. The zero-order valence-corrected chi connectivity index (χ0v) is 20.3. The van der Waals surface area contributed by atoms with Crippen LogP contribution in [0, 0.1) is 5.92 Å². The number of alkyl halides is 1. The van der Waals surface area contributed by atoms with E-state index in [4.69, 9.17) is 9.72 Å². The maximum atomic E-state index is 13.6. The zero-order valence-electron chi connectivity index (χ0n) is 20.3. The van der Waals surface area contributed by atoms with Crippen molar-refractivity contribution in [2.24, 2.45) is 5.92 Å². The lowest BCUT2D eigenvalue weighted by Crippen LogP contribution is -2.51. The van der Waals surface area contributed by atoms with Crippen molar-refractivity contribution in [1.29, 1.82) is 0 Å². The van der Waals surface area contributed by atoms with E-state index >= 15 is 0 Å². The van der Waals surface area contributed by atoms with Crippen LogP contribution < -0.4 is 10.9 Å². The quantitative estimate of drug-likeness (QED) is 0.568. The summed E-state index contributed by atoms with van der Waals surface area (Å²) in [7, 11) is 0. The Morgan fingerprint density at radius 3 is 2.61 bits per heavy atom. The topological polar surface area (TPSA) is 91.7 Å². The first-order valence-corrected chi connectivity index (χ1v) is 13.1. The summed E-state index contributed by atoms with van der Waals surface area (Å²) in [5.74, 6) is 0.211. The second-order valence-corrected chi connectivity index (χ2v) is 10.3. The summed E-state index contributed by atoms with van der Waals surface area (Å²) in [5, 5.41) is 6.37. The van der Waals surface area contributed by atoms with E-state index in [1.165, 1.54) is 48.2 Å². The lowest BCUT2D eigenvalue weighted by atomic mass is 9.84. The number of aromatic amines is 1. The molecular weight excluding hydrogens is 461 g/mol. The number of H-pyrrole nitrogens is 1.